The molecule has 1 aliphatic rings. The molecule has 0 saturated heterocycles. The second kappa shape index (κ2) is 4.87. The van der Waals surface area contributed by atoms with Crippen molar-refractivity contribution in [1.82, 2.24) is 9.97 Å². The van der Waals surface area contributed by atoms with Crippen LogP contribution in [0, 0.1) is 18.3 Å². The minimum Gasteiger partial charge on any atom is -0.226 e. The average molecular weight is 275 g/mol. The molecule has 2 aromatic heterocycles. The van der Waals surface area contributed by atoms with E-state index in [4.69, 9.17) is 5.26 Å². The van der Waals surface area contributed by atoms with E-state index in [9.17, 15) is 0 Å². The lowest BCUT2D eigenvalue weighted by atomic mass is 9.97. The van der Waals surface area contributed by atoms with Crippen LogP contribution in [-0.4, -0.2) is 15.7 Å². The molecule has 0 fully saturated rings. The van der Waals surface area contributed by atoms with Crippen molar-refractivity contribution < 1.29 is 0 Å². The van der Waals surface area contributed by atoms with Crippen LogP contribution in [0.5, 0.6) is 0 Å². The highest BCUT2D eigenvalue weighted by Crippen LogP contribution is 2.39. The SMILES string of the molecule is Cc1nc(SCC#N)c2c3c(sc2n1)CCCC3. The Labute approximate surface area is 114 Å². The van der Waals surface area contributed by atoms with E-state index in [2.05, 4.69) is 16.0 Å². The smallest absolute Gasteiger partial charge is 0.128 e. The Balaban J connectivity index is 2.20. The van der Waals surface area contributed by atoms with Gasteiger partial charge >= 0.3 is 0 Å². The second-order valence-corrected chi connectivity index (χ2v) is 6.46. The standard InChI is InChI=1S/C13H13N3S2/c1-8-15-12(17-7-6-14)11-9-4-2-3-5-10(9)18-13(11)16-8/h2-5,7H2,1H3. The third-order valence-corrected chi connectivity index (χ3v) is 5.19. The molecule has 2 heterocycles. The van der Waals surface area contributed by atoms with Gasteiger partial charge in [-0.15, -0.1) is 11.3 Å². The van der Waals surface area contributed by atoms with Gasteiger partial charge in [-0.1, -0.05) is 11.8 Å². The zero-order valence-corrected chi connectivity index (χ0v) is 11.8. The molecule has 0 bridgehead atoms. The van der Waals surface area contributed by atoms with E-state index in [1.807, 2.05) is 18.3 Å². The van der Waals surface area contributed by atoms with Crippen molar-refractivity contribution in [2.24, 2.45) is 0 Å². The number of aryl methyl sites for hydroxylation is 3. The van der Waals surface area contributed by atoms with Crippen LogP contribution in [0.4, 0.5) is 0 Å². The molecule has 3 nitrogen and oxygen atoms in total. The lowest BCUT2D eigenvalue weighted by Gasteiger charge is -2.11. The largest absolute Gasteiger partial charge is 0.226 e. The van der Waals surface area contributed by atoms with Crippen LogP contribution in [0.15, 0.2) is 5.03 Å². The maximum atomic E-state index is 8.75. The van der Waals surface area contributed by atoms with Gasteiger partial charge in [0, 0.05) is 10.3 Å². The van der Waals surface area contributed by atoms with Crippen LogP contribution in [0.1, 0.15) is 29.1 Å². The first kappa shape index (κ1) is 11.9. The summed E-state index contributed by atoms with van der Waals surface area (Å²) in [5.41, 5.74) is 1.45. The van der Waals surface area contributed by atoms with Crippen LogP contribution < -0.4 is 0 Å². The minimum absolute atomic E-state index is 0.455. The predicted octanol–water partition coefficient (Wildman–Crippen LogP) is 3.49. The molecule has 0 atom stereocenters. The Bertz CT molecular complexity index is 640. The summed E-state index contributed by atoms with van der Waals surface area (Å²) in [6.07, 6.45) is 4.86. The van der Waals surface area contributed by atoms with Crippen molar-refractivity contribution in [2.75, 3.05) is 5.75 Å². The van der Waals surface area contributed by atoms with Crippen LogP contribution in [-0.2, 0) is 12.8 Å². The van der Waals surface area contributed by atoms with Crippen molar-refractivity contribution in [3.63, 3.8) is 0 Å². The van der Waals surface area contributed by atoms with E-state index >= 15 is 0 Å². The Morgan fingerprint density at radius 2 is 2.17 bits per heavy atom. The maximum absolute atomic E-state index is 8.75. The molecule has 0 aromatic carbocycles. The first-order valence-corrected chi connectivity index (χ1v) is 7.88. The number of aromatic nitrogens is 2. The van der Waals surface area contributed by atoms with Crippen LogP contribution >= 0.6 is 23.1 Å². The molecule has 0 radical (unpaired) electrons. The molecule has 0 N–H and O–H groups in total. The maximum Gasteiger partial charge on any atom is 0.128 e. The van der Waals surface area contributed by atoms with Gasteiger partial charge in [0.2, 0.25) is 0 Å². The molecule has 2 aromatic rings. The summed E-state index contributed by atoms with van der Waals surface area (Å²) in [5, 5.41) is 11.0. The third-order valence-electron chi connectivity index (χ3n) is 3.17. The van der Waals surface area contributed by atoms with Crippen molar-refractivity contribution in [1.29, 1.82) is 5.26 Å². The highest BCUT2D eigenvalue weighted by Gasteiger charge is 2.20. The van der Waals surface area contributed by atoms with Gasteiger partial charge in [-0.2, -0.15) is 5.26 Å². The van der Waals surface area contributed by atoms with Gasteiger partial charge in [-0.3, -0.25) is 0 Å². The van der Waals surface area contributed by atoms with E-state index in [1.54, 1.807) is 0 Å². The van der Waals surface area contributed by atoms with Crippen molar-refractivity contribution in [2.45, 2.75) is 37.6 Å². The van der Waals surface area contributed by atoms with Gasteiger partial charge < -0.3 is 0 Å². The minimum atomic E-state index is 0.455. The summed E-state index contributed by atoms with van der Waals surface area (Å²) in [6, 6.07) is 2.18. The lowest BCUT2D eigenvalue weighted by molar-refractivity contribution is 0.699. The molecule has 0 amide bonds. The number of thioether (sulfide) groups is 1. The Morgan fingerprint density at radius 1 is 1.33 bits per heavy atom. The van der Waals surface area contributed by atoms with Crippen molar-refractivity contribution in [3.8, 4) is 6.07 Å². The molecule has 0 spiro atoms. The first-order chi connectivity index (χ1) is 8.79. The second-order valence-electron chi connectivity index (χ2n) is 4.41. The molecule has 1 aliphatic carbocycles. The Morgan fingerprint density at radius 3 is 3.00 bits per heavy atom. The number of nitrogens with zero attached hydrogens (tertiary/aromatic N) is 3. The van der Waals surface area contributed by atoms with Gasteiger partial charge in [-0.05, 0) is 38.2 Å². The van der Waals surface area contributed by atoms with Gasteiger partial charge in [-0.25, -0.2) is 9.97 Å². The summed E-state index contributed by atoms with van der Waals surface area (Å²) < 4.78 is 0. The molecule has 0 aliphatic heterocycles. The highest BCUT2D eigenvalue weighted by molar-refractivity contribution is 7.99. The quantitative estimate of drug-likeness (QED) is 0.622. The fourth-order valence-corrected chi connectivity index (χ4v) is 4.56. The number of hydrogen-bond donors (Lipinski definition) is 0. The van der Waals surface area contributed by atoms with E-state index < -0.39 is 0 Å². The number of nitriles is 1. The summed E-state index contributed by atoms with van der Waals surface area (Å²) in [7, 11) is 0. The fourth-order valence-electron chi connectivity index (χ4n) is 2.43. The molecular formula is C13H13N3S2. The van der Waals surface area contributed by atoms with E-state index in [0.29, 0.717) is 5.75 Å². The van der Waals surface area contributed by atoms with Crippen molar-refractivity contribution in [3.05, 3.63) is 16.3 Å². The summed E-state index contributed by atoms with van der Waals surface area (Å²) in [5.74, 6) is 1.26. The number of rotatable bonds is 2. The van der Waals surface area contributed by atoms with Gasteiger partial charge in [0.1, 0.15) is 15.7 Å². The molecule has 0 unspecified atom stereocenters. The molecular weight excluding hydrogens is 262 g/mol. The van der Waals surface area contributed by atoms with E-state index in [0.717, 1.165) is 22.1 Å². The lowest BCUT2D eigenvalue weighted by Crippen LogP contribution is -1.99. The summed E-state index contributed by atoms with van der Waals surface area (Å²) in [4.78, 5) is 11.7. The predicted molar refractivity (Wildman–Crippen MR) is 75.1 cm³/mol. The summed E-state index contributed by atoms with van der Waals surface area (Å²) >= 11 is 3.35. The topological polar surface area (TPSA) is 49.6 Å². The van der Waals surface area contributed by atoms with Crippen LogP contribution in [0.2, 0.25) is 0 Å². The molecule has 3 rings (SSSR count). The Kier molecular flexibility index (Phi) is 3.23. The Hall–Kier alpha value is -1.12. The third kappa shape index (κ3) is 2.00. The number of thiophene rings is 1. The zero-order valence-electron chi connectivity index (χ0n) is 10.2. The molecule has 5 heteroatoms. The zero-order chi connectivity index (χ0) is 12.5. The number of hydrogen-bond acceptors (Lipinski definition) is 5. The summed E-state index contributed by atoms with van der Waals surface area (Å²) in [6.45, 7) is 1.93. The van der Waals surface area contributed by atoms with E-state index in [-0.39, 0.29) is 0 Å². The van der Waals surface area contributed by atoms with Gasteiger partial charge in [0.05, 0.1) is 11.8 Å². The van der Waals surface area contributed by atoms with Crippen molar-refractivity contribution >= 4 is 33.3 Å². The normalized spacial score (nSPS) is 14.4. The highest BCUT2D eigenvalue weighted by atomic mass is 32.2. The van der Waals surface area contributed by atoms with Crippen LogP contribution in [0.25, 0.3) is 10.2 Å². The number of fused-ring (bicyclic) bond motifs is 3. The molecule has 18 heavy (non-hydrogen) atoms. The van der Waals surface area contributed by atoms with Gasteiger partial charge in [0.25, 0.3) is 0 Å². The first-order valence-electron chi connectivity index (χ1n) is 6.08. The van der Waals surface area contributed by atoms with E-state index in [1.165, 1.54) is 46.9 Å². The average Bonchev–Trinajstić information content (AvgIpc) is 2.73. The van der Waals surface area contributed by atoms with Crippen LogP contribution in [0.3, 0.4) is 0 Å². The molecule has 92 valence electrons. The fraction of sp³-hybridized carbons (Fsp3) is 0.462. The monoisotopic (exact) mass is 275 g/mol. The van der Waals surface area contributed by atoms with Gasteiger partial charge in [0.15, 0.2) is 0 Å². The molecule has 0 saturated carbocycles.